The van der Waals surface area contributed by atoms with Crippen LogP contribution in [0.1, 0.15) is 16.7 Å². The summed E-state index contributed by atoms with van der Waals surface area (Å²) in [7, 11) is 0. The van der Waals surface area contributed by atoms with Crippen molar-refractivity contribution in [1.29, 1.82) is 0 Å². The van der Waals surface area contributed by atoms with Crippen LogP contribution in [0.5, 0.6) is 5.75 Å². The number of nitro benzene ring substituents is 1. The average molecular weight is 554 g/mol. The molecule has 0 amide bonds. The first-order valence-corrected chi connectivity index (χ1v) is 10.7. The first-order valence-electron chi connectivity index (χ1n) is 8.78. The molecule has 0 saturated carbocycles. The molecule has 3 aromatic carbocycles. The van der Waals surface area contributed by atoms with Gasteiger partial charge in [0.05, 0.1) is 26.6 Å². The Morgan fingerprint density at radius 2 is 1.63 bits per heavy atom. The maximum Gasteiger partial charge on any atom is 0.269 e. The summed E-state index contributed by atoms with van der Waals surface area (Å²) in [5.41, 5.74) is 5.83. The minimum atomic E-state index is -0.428. The largest absolute Gasteiger partial charge is 0.487 e. The predicted molar refractivity (Wildman–Crippen MR) is 125 cm³/mol. The smallest absolute Gasteiger partial charge is 0.269 e. The molecule has 0 aliphatic rings. The molecule has 154 valence electrons. The van der Waals surface area contributed by atoms with Gasteiger partial charge in [0.15, 0.2) is 0 Å². The van der Waals surface area contributed by atoms with Gasteiger partial charge in [0, 0.05) is 17.2 Å². The third-order valence-corrected chi connectivity index (χ3v) is 5.48. The van der Waals surface area contributed by atoms with Crippen molar-refractivity contribution in [3.8, 4) is 5.75 Å². The lowest BCUT2D eigenvalue weighted by Gasteiger charge is -2.11. The lowest BCUT2D eigenvalue weighted by Crippen LogP contribution is -2.05. The molecule has 3 rings (SSSR count). The van der Waals surface area contributed by atoms with E-state index in [-0.39, 0.29) is 12.3 Å². The summed E-state index contributed by atoms with van der Waals surface area (Å²) in [6, 6.07) is 17.6. The van der Waals surface area contributed by atoms with Gasteiger partial charge in [-0.3, -0.25) is 10.1 Å². The van der Waals surface area contributed by atoms with Gasteiger partial charge >= 0.3 is 0 Å². The molecular formula is C21H16Br2ClN3O3. The summed E-state index contributed by atoms with van der Waals surface area (Å²) in [6.07, 6.45) is 1.71. The van der Waals surface area contributed by atoms with Crippen molar-refractivity contribution in [2.24, 2.45) is 5.10 Å². The van der Waals surface area contributed by atoms with Crippen molar-refractivity contribution in [2.45, 2.75) is 13.2 Å². The van der Waals surface area contributed by atoms with E-state index >= 15 is 0 Å². The Morgan fingerprint density at radius 1 is 1.03 bits per heavy atom. The standard InChI is InChI=1S/C21H16Br2ClN3O3/c22-19-9-16(12-26-25-11-14-1-5-17(24)6-2-14)10-20(23)21(19)30-13-15-3-7-18(8-4-15)27(28)29/h1-10,12,25H,11,13H2/b26-12-. The fourth-order valence-corrected chi connectivity index (χ4v) is 4.10. The molecule has 30 heavy (non-hydrogen) atoms. The maximum atomic E-state index is 10.7. The summed E-state index contributed by atoms with van der Waals surface area (Å²) >= 11 is 12.9. The number of nitrogens with one attached hydrogen (secondary N) is 1. The number of non-ortho nitro benzene ring substituents is 1. The highest BCUT2D eigenvalue weighted by molar-refractivity contribution is 9.11. The second-order valence-electron chi connectivity index (χ2n) is 6.25. The summed E-state index contributed by atoms with van der Waals surface area (Å²) < 4.78 is 7.39. The zero-order chi connectivity index (χ0) is 21.5. The van der Waals surface area contributed by atoms with Crippen LogP contribution in [0.3, 0.4) is 0 Å². The van der Waals surface area contributed by atoms with E-state index in [2.05, 4.69) is 42.4 Å². The molecule has 0 saturated heterocycles. The summed E-state index contributed by atoms with van der Waals surface area (Å²) in [5.74, 6) is 0.639. The molecule has 0 spiro atoms. The van der Waals surface area contributed by atoms with Crippen molar-refractivity contribution in [2.75, 3.05) is 0 Å². The van der Waals surface area contributed by atoms with Gasteiger partial charge in [-0.15, -0.1) is 0 Å². The van der Waals surface area contributed by atoms with E-state index in [4.69, 9.17) is 16.3 Å². The Bertz CT molecular complexity index is 1040. The van der Waals surface area contributed by atoms with E-state index in [0.29, 0.717) is 17.3 Å². The molecule has 0 fully saturated rings. The molecule has 0 unspecified atom stereocenters. The molecule has 0 radical (unpaired) electrons. The average Bonchev–Trinajstić information content (AvgIpc) is 2.72. The van der Waals surface area contributed by atoms with E-state index in [0.717, 1.165) is 25.6 Å². The van der Waals surface area contributed by atoms with E-state index in [1.807, 2.05) is 36.4 Å². The molecule has 9 heteroatoms. The SMILES string of the molecule is O=[N+]([O-])c1ccc(COc2c(Br)cc(/C=N\NCc3ccc(Cl)cc3)cc2Br)cc1. The number of hydrogen-bond donors (Lipinski definition) is 1. The lowest BCUT2D eigenvalue weighted by molar-refractivity contribution is -0.384. The van der Waals surface area contributed by atoms with Crippen molar-refractivity contribution < 1.29 is 9.66 Å². The summed E-state index contributed by atoms with van der Waals surface area (Å²) in [5, 5.41) is 15.7. The fraction of sp³-hybridized carbons (Fsp3) is 0.0952. The number of nitro groups is 1. The topological polar surface area (TPSA) is 76.8 Å². The van der Waals surface area contributed by atoms with Gasteiger partial charge in [-0.1, -0.05) is 23.7 Å². The number of hydrogen-bond acceptors (Lipinski definition) is 5. The third kappa shape index (κ3) is 6.29. The van der Waals surface area contributed by atoms with Gasteiger partial charge in [-0.25, -0.2) is 0 Å². The predicted octanol–water partition coefficient (Wildman–Crippen LogP) is 6.48. The van der Waals surface area contributed by atoms with Gasteiger partial charge in [0.25, 0.3) is 5.69 Å². The zero-order valence-corrected chi connectivity index (χ0v) is 19.4. The molecule has 3 aromatic rings. The van der Waals surface area contributed by atoms with Gasteiger partial charge in [-0.05, 0) is 84.9 Å². The van der Waals surface area contributed by atoms with Crippen LogP contribution in [0.4, 0.5) is 5.69 Å². The van der Waals surface area contributed by atoms with Gasteiger partial charge in [-0.2, -0.15) is 5.10 Å². The van der Waals surface area contributed by atoms with Crippen LogP contribution in [0.2, 0.25) is 5.02 Å². The van der Waals surface area contributed by atoms with E-state index in [1.54, 1.807) is 18.3 Å². The lowest BCUT2D eigenvalue weighted by atomic mass is 10.2. The van der Waals surface area contributed by atoms with Gasteiger partial charge in [0.2, 0.25) is 0 Å². The molecule has 0 aliphatic carbocycles. The highest BCUT2D eigenvalue weighted by atomic mass is 79.9. The van der Waals surface area contributed by atoms with Crippen LogP contribution in [0.25, 0.3) is 0 Å². The molecule has 6 nitrogen and oxygen atoms in total. The van der Waals surface area contributed by atoms with Crippen LogP contribution >= 0.6 is 43.5 Å². The van der Waals surface area contributed by atoms with Crippen molar-refractivity contribution in [3.63, 3.8) is 0 Å². The normalized spacial score (nSPS) is 10.9. The fourth-order valence-electron chi connectivity index (χ4n) is 2.52. The third-order valence-electron chi connectivity index (χ3n) is 4.05. The van der Waals surface area contributed by atoms with Crippen LogP contribution in [-0.2, 0) is 13.2 Å². The molecule has 0 aliphatic heterocycles. The van der Waals surface area contributed by atoms with Crippen molar-refractivity contribution in [3.05, 3.63) is 101 Å². The molecular weight excluding hydrogens is 538 g/mol. The number of hydrazone groups is 1. The first kappa shape index (κ1) is 22.3. The van der Waals surface area contributed by atoms with Crippen molar-refractivity contribution in [1.82, 2.24) is 5.43 Å². The maximum absolute atomic E-state index is 10.7. The highest BCUT2D eigenvalue weighted by Crippen LogP contribution is 2.35. The molecule has 0 atom stereocenters. The monoisotopic (exact) mass is 551 g/mol. The van der Waals surface area contributed by atoms with Crippen LogP contribution in [-0.4, -0.2) is 11.1 Å². The second-order valence-corrected chi connectivity index (χ2v) is 8.39. The minimum Gasteiger partial charge on any atom is -0.487 e. The van der Waals surface area contributed by atoms with E-state index < -0.39 is 4.92 Å². The Labute approximate surface area is 195 Å². The van der Waals surface area contributed by atoms with Crippen LogP contribution in [0, 0.1) is 10.1 Å². The first-order chi connectivity index (χ1) is 14.4. The minimum absolute atomic E-state index is 0.0504. The quantitative estimate of drug-likeness (QED) is 0.197. The molecule has 1 N–H and O–H groups in total. The Kier molecular flexibility index (Phi) is 7.84. The van der Waals surface area contributed by atoms with Crippen LogP contribution < -0.4 is 10.2 Å². The number of ether oxygens (including phenoxy) is 1. The van der Waals surface area contributed by atoms with E-state index in [9.17, 15) is 10.1 Å². The number of benzene rings is 3. The summed E-state index contributed by atoms with van der Waals surface area (Å²) in [6.45, 7) is 0.873. The number of nitrogens with zero attached hydrogens (tertiary/aromatic N) is 2. The second kappa shape index (κ2) is 10.6. The van der Waals surface area contributed by atoms with Crippen LogP contribution in [0.15, 0.2) is 74.7 Å². The molecule has 0 heterocycles. The zero-order valence-electron chi connectivity index (χ0n) is 15.5. The van der Waals surface area contributed by atoms with Gasteiger partial charge < -0.3 is 10.2 Å². The van der Waals surface area contributed by atoms with Gasteiger partial charge in [0.1, 0.15) is 12.4 Å². The Hall–Kier alpha value is -2.42. The number of halogens is 3. The van der Waals surface area contributed by atoms with E-state index in [1.165, 1.54) is 12.1 Å². The number of rotatable bonds is 8. The Balaban J connectivity index is 1.58. The Morgan fingerprint density at radius 3 is 2.23 bits per heavy atom. The van der Waals surface area contributed by atoms with Crippen molar-refractivity contribution >= 4 is 55.4 Å². The highest BCUT2D eigenvalue weighted by Gasteiger charge is 2.10. The molecule has 0 aromatic heterocycles. The summed E-state index contributed by atoms with van der Waals surface area (Å²) in [4.78, 5) is 10.3. The molecule has 0 bridgehead atoms.